The first-order valence-corrected chi connectivity index (χ1v) is 13.0. The van der Waals surface area contributed by atoms with Gasteiger partial charge in [-0.15, -0.1) is 6.58 Å². The van der Waals surface area contributed by atoms with Crippen LogP contribution in [-0.4, -0.2) is 69.1 Å². The monoisotopic (exact) mass is 530 g/mol. The van der Waals surface area contributed by atoms with E-state index in [1.165, 1.54) is 16.9 Å². The van der Waals surface area contributed by atoms with Crippen molar-refractivity contribution in [3.63, 3.8) is 0 Å². The summed E-state index contributed by atoms with van der Waals surface area (Å²) in [5.41, 5.74) is 2.51. The molecular formula is C28H34N8O3. The molecule has 4 aromatic rings. The van der Waals surface area contributed by atoms with Gasteiger partial charge in [0.15, 0.2) is 5.65 Å². The number of pyridine rings is 1. The van der Waals surface area contributed by atoms with Gasteiger partial charge in [0.05, 0.1) is 25.0 Å². The predicted molar refractivity (Wildman–Crippen MR) is 154 cm³/mol. The molecule has 0 amide bonds. The fourth-order valence-electron chi connectivity index (χ4n) is 4.85. The number of ether oxygens (including phenoxy) is 1. The Morgan fingerprint density at radius 3 is 2.59 bits per heavy atom. The molecule has 4 heterocycles. The van der Waals surface area contributed by atoms with Crippen LogP contribution in [0.1, 0.15) is 19.9 Å². The number of fused-ring (bicyclic) bond motifs is 1. The average Bonchev–Trinajstić information content (AvgIpc) is 3.20. The number of benzene rings is 1. The van der Waals surface area contributed by atoms with Gasteiger partial charge in [0, 0.05) is 62.4 Å². The van der Waals surface area contributed by atoms with Crippen molar-refractivity contribution in [2.75, 3.05) is 50.6 Å². The number of aromatic nitrogens is 5. The molecule has 11 nitrogen and oxygen atoms in total. The highest BCUT2D eigenvalue weighted by Gasteiger charge is 2.20. The van der Waals surface area contributed by atoms with Crippen molar-refractivity contribution in [2.45, 2.75) is 26.4 Å². The summed E-state index contributed by atoms with van der Waals surface area (Å²) in [7, 11) is 3.79. The minimum absolute atomic E-state index is 0.0468. The van der Waals surface area contributed by atoms with Crippen molar-refractivity contribution < 1.29 is 4.74 Å². The minimum atomic E-state index is -0.239. The van der Waals surface area contributed by atoms with E-state index in [9.17, 15) is 9.59 Å². The van der Waals surface area contributed by atoms with Crippen LogP contribution in [0.2, 0.25) is 0 Å². The number of nitrogens with one attached hydrogen (secondary N) is 1. The lowest BCUT2D eigenvalue weighted by Gasteiger charge is -2.34. The molecule has 1 N–H and O–H groups in total. The molecule has 0 saturated carbocycles. The molecular weight excluding hydrogens is 496 g/mol. The molecule has 11 heteroatoms. The highest BCUT2D eigenvalue weighted by molar-refractivity contribution is 5.77. The average molecular weight is 531 g/mol. The second-order valence-corrected chi connectivity index (χ2v) is 9.95. The molecule has 39 heavy (non-hydrogen) atoms. The van der Waals surface area contributed by atoms with Crippen LogP contribution in [0.15, 0.2) is 65.0 Å². The van der Waals surface area contributed by atoms with Crippen molar-refractivity contribution in [3.05, 3.63) is 76.1 Å². The number of piperazine rings is 1. The lowest BCUT2D eigenvalue weighted by molar-refractivity contribution is 0.311. The zero-order chi connectivity index (χ0) is 27.7. The Morgan fingerprint density at radius 2 is 1.90 bits per heavy atom. The van der Waals surface area contributed by atoms with Gasteiger partial charge in [-0.3, -0.25) is 9.59 Å². The van der Waals surface area contributed by atoms with Crippen LogP contribution in [0.25, 0.3) is 16.7 Å². The van der Waals surface area contributed by atoms with Gasteiger partial charge in [-0.1, -0.05) is 6.08 Å². The third kappa shape index (κ3) is 5.05. The first kappa shape index (κ1) is 26.2. The van der Waals surface area contributed by atoms with E-state index in [0.717, 1.165) is 43.3 Å². The highest BCUT2D eigenvalue weighted by Crippen LogP contribution is 2.32. The smallest absolute Gasteiger partial charge is 0.278 e. The molecule has 0 spiro atoms. The highest BCUT2D eigenvalue weighted by atomic mass is 16.5. The normalized spacial score (nSPS) is 14.2. The molecule has 1 aromatic carbocycles. The number of hydrogen-bond acceptors (Lipinski definition) is 8. The maximum absolute atomic E-state index is 13.3. The quantitative estimate of drug-likeness (QED) is 0.347. The second-order valence-electron chi connectivity index (χ2n) is 9.95. The maximum Gasteiger partial charge on any atom is 0.278 e. The summed E-state index contributed by atoms with van der Waals surface area (Å²) in [6, 6.07) is 9.08. The van der Waals surface area contributed by atoms with E-state index in [1.807, 2.05) is 32.0 Å². The molecule has 3 aromatic heterocycles. The number of rotatable bonds is 8. The van der Waals surface area contributed by atoms with E-state index >= 15 is 0 Å². The van der Waals surface area contributed by atoms with Crippen LogP contribution in [-0.2, 0) is 6.54 Å². The lowest BCUT2D eigenvalue weighted by Crippen LogP contribution is -2.44. The molecule has 0 unspecified atom stereocenters. The Bertz CT molecular complexity index is 1630. The van der Waals surface area contributed by atoms with Crippen LogP contribution in [0.3, 0.4) is 0 Å². The molecule has 204 valence electrons. The number of hydrogen-bond donors (Lipinski definition) is 1. The summed E-state index contributed by atoms with van der Waals surface area (Å²) in [6.45, 7) is 11.8. The maximum atomic E-state index is 13.3. The van der Waals surface area contributed by atoms with Crippen molar-refractivity contribution >= 4 is 28.4 Å². The lowest BCUT2D eigenvalue weighted by atomic mass is 10.2. The van der Waals surface area contributed by atoms with Crippen LogP contribution >= 0.6 is 0 Å². The molecule has 0 bridgehead atoms. The van der Waals surface area contributed by atoms with Crippen molar-refractivity contribution in [1.82, 2.24) is 28.8 Å². The first-order valence-electron chi connectivity index (χ1n) is 13.0. The summed E-state index contributed by atoms with van der Waals surface area (Å²) in [5, 5.41) is 3.63. The zero-order valence-electron chi connectivity index (χ0n) is 22.8. The minimum Gasteiger partial charge on any atom is -0.495 e. The number of nitrogens with zero attached hydrogens (tertiary/aromatic N) is 7. The van der Waals surface area contributed by atoms with Gasteiger partial charge in [0.1, 0.15) is 11.1 Å². The third-order valence-corrected chi connectivity index (χ3v) is 6.98. The van der Waals surface area contributed by atoms with Gasteiger partial charge in [-0.05, 0) is 39.1 Å². The summed E-state index contributed by atoms with van der Waals surface area (Å²) in [6.07, 6.45) is 4.91. The Labute approximate surface area is 226 Å². The van der Waals surface area contributed by atoms with Crippen LogP contribution in [0.4, 0.5) is 17.3 Å². The molecule has 1 aliphatic heterocycles. The summed E-state index contributed by atoms with van der Waals surface area (Å²) < 4.78 is 10.6. The van der Waals surface area contributed by atoms with Crippen molar-refractivity contribution in [1.29, 1.82) is 0 Å². The largest absolute Gasteiger partial charge is 0.495 e. The summed E-state index contributed by atoms with van der Waals surface area (Å²) >= 11 is 0. The number of allylic oxidation sites excluding steroid dienone is 1. The van der Waals surface area contributed by atoms with Crippen molar-refractivity contribution in [2.24, 2.45) is 0 Å². The molecule has 0 aliphatic carbocycles. The number of anilines is 3. The van der Waals surface area contributed by atoms with Gasteiger partial charge >= 0.3 is 0 Å². The van der Waals surface area contributed by atoms with E-state index in [-0.39, 0.29) is 23.7 Å². The van der Waals surface area contributed by atoms with Gasteiger partial charge in [-0.25, -0.2) is 14.3 Å². The summed E-state index contributed by atoms with van der Waals surface area (Å²) in [4.78, 5) is 39.4. The van der Waals surface area contributed by atoms with Crippen LogP contribution in [0, 0.1) is 0 Å². The van der Waals surface area contributed by atoms with Gasteiger partial charge < -0.3 is 24.4 Å². The Morgan fingerprint density at radius 1 is 1.13 bits per heavy atom. The Balaban J connectivity index is 1.54. The molecule has 1 saturated heterocycles. The van der Waals surface area contributed by atoms with Crippen LogP contribution in [0.5, 0.6) is 5.75 Å². The number of methoxy groups -OCH3 is 1. The standard InChI is InChI=1S/C28H34N8O3/c1-6-11-35-27(38)22-17-29-28(31-26(22)36(35)21-8-10-25(37)34(18-21)19(2)3)30-20-7-9-23(24(16-20)39-5)33-14-12-32(4)13-15-33/h6-10,16-19H,1,11-15H2,2-5H3,(H,29,30,31). The molecule has 0 atom stereocenters. The second kappa shape index (κ2) is 10.8. The Hall–Kier alpha value is -4.38. The molecule has 0 radical (unpaired) electrons. The third-order valence-electron chi connectivity index (χ3n) is 6.98. The SMILES string of the molecule is C=CCn1c(=O)c2cnc(Nc3ccc(N4CCN(C)CC4)c(OC)c3)nc2n1-c1ccc(=O)n(C(C)C)c1. The van der Waals surface area contributed by atoms with E-state index < -0.39 is 0 Å². The fourth-order valence-corrected chi connectivity index (χ4v) is 4.85. The van der Waals surface area contributed by atoms with E-state index in [0.29, 0.717) is 22.7 Å². The Kier molecular flexibility index (Phi) is 7.25. The number of likely N-dealkylation sites (N-methyl/N-ethyl adjacent to an activating group) is 1. The van der Waals surface area contributed by atoms with Gasteiger partial charge in [0.2, 0.25) is 5.95 Å². The van der Waals surface area contributed by atoms with Crippen molar-refractivity contribution in [3.8, 4) is 11.4 Å². The topological polar surface area (TPSA) is 102 Å². The van der Waals surface area contributed by atoms with E-state index in [2.05, 4.69) is 33.7 Å². The fraction of sp³-hybridized carbons (Fsp3) is 0.357. The first-order chi connectivity index (χ1) is 18.8. The van der Waals surface area contributed by atoms with E-state index in [1.54, 1.807) is 34.7 Å². The predicted octanol–water partition coefficient (Wildman–Crippen LogP) is 3.01. The van der Waals surface area contributed by atoms with Crippen LogP contribution < -0.4 is 26.1 Å². The van der Waals surface area contributed by atoms with Gasteiger partial charge in [0.25, 0.3) is 11.1 Å². The van der Waals surface area contributed by atoms with E-state index in [4.69, 9.17) is 9.72 Å². The molecule has 1 fully saturated rings. The summed E-state index contributed by atoms with van der Waals surface area (Å²) in [5.74, 6) is 1.09. The zero-order valence-corrected chi connectivity index (χ0v) is 22.8. The molecule has 1 aliphatic rings. The van der Waals surface area contributed by atoms with Gasteiger partial charge in [-0.2, -0.15) is 4.98 Å². The molecule has 5 rings (SSSR count).